The number of aromatic nitrogens is 2. The Morgan fingerprint density at radius 2 is 2.39 bits per heavy atom. The highest BCUT2D eigenvalue weighted by molar-refractivity contribution is 8.04. The number of rotatable bonds is 4. The van der Waals surface area contributed by atoms with Crippen LogP contribution in [-0.2, 0) is 4.74 Å². The van der Waals surface area contributed by atoms with Crippen molar-refractivity contribution in [2.24, 2.45) is 10.7 Å². The van der Waals surface area contributed by atoms with Crippen LogP contribution in [0.2, 0.25) is 0 Å². The van der Waals surface area contributed by atoms with Crippen molar-refractivity contribution >= 4 is 28.7 Å². The summed E-state index contributed by atoms with van der Waals surface area (Å²) in [6.45, 7) is 0.767. The Kier molecular flexibility index (Phi) is 5.09. The standard InChI is InChI=1S/C16H18N4O2S/c17-8-13(10-18-15-3-1-2-6-22-15)23-12-4-5-14-11(7-12)9-19-20-16(14)21/h4-5,7-10,15H,1-3,6,17H2,(H,20,21)/b13-8+,18-10+. The summed E-state index contributed by atoms with van der Waals surface area (Å²) in [4.78, 5) is 17.9. The van der Waals surface area contributed by atoms with Crippen molar-refractivity contribution in [1.82, 2.24) is 10.2 Å². The minimum absolute atomic E-state index is 0.0707. The van der Waals surface area contributed by atoms with E-state index in [0.717, 1.165) is 41.1 Å². The molecule has 120 valence electrons. The molecule has 0 aliphatic carbocycles. The minimum Gasteiger partial charge on any atom is -0.404 e. The van der Waals surface area contributed by atoms with E-state index in [1.54, 1.807) is 18.5 Å². The molecule has 1 aromatic carbocycles. The number of aliphatic imine (C=N–C) groups is 1. The van der Waals surface area contributed by atoms with Crippen molar-refractivity contribution < 1.29 is 4.74 Å². The Bertz CT molecular complexity index is 794. The molecule has 1 aliphatic heterocycles. The Morgan fingerprint density at radius 1 is 1.48 bits per heavy atom. The molecule has 2 heterocycles. The van der Waals surface area contributed by atoms with Crippen molar-refractivity contribution in [3.63, 3.8) is 0 Å². The van der Waals surface area contributed by atoms with Gasteiger partial charge in [0.15, 0.2) is 0 Å². The Balaban J connectivity index is 1.74. The van der Waals surface area contributed by atoms with Gasteiger partial charge in [-0.1, -0.05) is 11.8 Å². The van der Waals surface area contributed by atoms with Crippen LogP contribution in [0, 0.1) is 0 Å². The zero-order chi connectivity index (χ0) is 16.1. The maximum absolute atomic E-state index is 11.7. The normalized spacial score (nSPS) is 19.5. The lowest BCUT2D eigenvalue weighted by atomic mass is 10.2. The molecule has 0 spiro atoms. The van der Waals surface area contributed by atoms with Crippen LogP contribution in [-0.4, -0.2) is 29.2 Å². The summed E-state index contributed by atoms with van der Waals surface area (Å²) in [5.41, 5.74) is 5.50. The smallest absolute Gasteiger partial charge is 0.272 e. The van der Waals surface area contributed by atoms with E-state index >= 15 is 0 Å². The first kappa shape index (κ1) is 15.8. The zero-order valence-electron chi connectivity index (χ0n) is 12.6. The first-order chi connectivity index (χ1) is 11.3. The summed E-state index contributed by atoms with van der Waals surface area (Å²) < 4.78 is 5.57. The Labute approximate surface area is 137 Å². The predicted octanol–water partition coefficient (Wildman–Crippen LogP) is 2.41. The average molecular weight is 330 g/mol. The second kappa shape index (κ2) is 7.43. The number of H-pyrrole nitrogens is 1. The van der Waals surface area contributed by atoms with E-state index in [2.05, 4.69) is 15.2 Å². The lowest BCUT2D eigenvalue weighted by Crippen LogP contribution is -2.16. The van der Waals surface area contributed by atoms with Gasteiger partial charge in [0, 0.05) is 34.2 Å². The average Bonchev–Trinajstić information content (AvgIpc) is 2.59. The summed E-state index contributed by atoms with van der Waals surface area (Å²) in [6, 6.07) is 5.58. The molecule has 1 saturated heterocycles. The molecular weight excluding hydrogens is 312 g/mol. The maximum atomic E-state index is 11.7. The molecule has 0 amide bonds. The summed E-state index contributed by atoms with van der Waals surface area (Å²) in [7, 11) is 0. The third-order valence-electron chi connectivity index (χ3n) is 3.56. The maximum Gasteiger partial charge on any atom is 0.272 e. The van der Waals surface area contributed by atoms with E-state index in [4.69, 9.17) is 10.5 Å². The van der Waals surface area contributed by atoms with Crippen LogP contribution in [0.3, 0.4) is 0 Å². The number of ether oxygens (including phenoxy) is 1. The highest BCUT2D eigenvalue weighted by atomic mass is 32.2. The number of hydrogen-bond donors (Lipinski definition) is 2. The minimum atomic E-state index is -0.190. The van der Waals surface area contributed by atoms with Gasteiger partial charge in [-0.2, -0.15) is 5.10 Å². The van der Waals surface area contributed by atoms with Crippen molar-refractivity contribution in [3.05, 3.63) is 45.9 Å². The van der Waals surface area contributed by atoms with Gasteiger partial charge in [-0.3, -0.25) is 9.79 Å². The van der Waals surface area contributed by atoms with Crippen LogP contribution in [0.5, 0.6) is 0 Å². The predicted molar refractivity (Wildman–Crippen MR) is 92.6 cm³/mol. The van der Waals surface area contributed by atoms with Gasteiger partial charge in [0.25, 0.3) is 5.56 Å². The second-order valence-corrected chi connectivity index (χ2v) is 6.37. The van der Waals surface area contributed by atoms with Crippen molar-refractivity contribution in [2.75, 3.05) is 6.61 Å². The molecule has 0 bridgehead atoms. The first-order valence-corrected chi connectivity index (χ1v) is 8.30. The van der Waals surface area contributed by atoms with E-state index in [9.17, 15) is 4.79 Å². The third kappa shape index (κ3) is 4.00. The molecule has 0 saturated carbocycles. The van der Waals surface area contributed by atoms with Crippen LogP contribution in [0.25, 0.3) is 10.8 Å². The molecule has 3 rings (SSSR count). The lowest BCUT2D eigenvalue weighted by molar-refractivity contribution is 0.0227. The molecule has 23 heavy (non-hydrogen) atoms. The molecular formula is C16H18N4O2S. The molecule has 1 aromatic heterocycles. The first-order valence-electron chi connectivity index (χ1n) is 7.48. The number of fused-ring (bicyclic) bond motifs is 1. The van der Waals surface area contributed by atoms with E-state index in [0.29, 0.717) is 5.39 Å². The molecule has 2 aromatic rings. The number of benzene rings is 1. The molecule has 1 atom stereocenters. The molecule has 1 fully saturated rings. The van der Waals surface area contributed by atoms with Gasteiger partial charge in [-0.05, 0) is 37.5 Å². The van der Waals surface area contributed by atoms with E-state index in [1.807, 2.05) is 12.1 Å². The van der Waals surface area contributed by atoms with Crippen molar-refractivity contribution in [1.29, 1.82) is 0 Å². The van der Waals surface area contributed by atoms with Crippen LogP contribution in [0.1, 0.15) is 19.3 Å². The van der Waals surface area contributed by atoms with Crippen LogP contribution in [0.4, 0.5) is 0 Å². The fourth-order valence-electron chi connectivity index (χ4n) is 2.38. The fraction of sp³-hybridized carbons (Fsp3) is 0.312. The van der Waals surface area contributed by atoms with Crippen LogP contribution < -0.4 is 11.3 Å². The van der Waals surface area contributed by atoms with Gasteiger partial charge >= 0.3 is 0 Å². The quantitative estimate of drug-likeness (QED) is 0.663. The topological polar surface area (TPSA) is 93.4 Å². The van der Waals surface area contributed by atoms with Gasteiger partial charge in [0.05, 0.1) is 11.6 Å². The summed E-state index contributed by atoms with van der Waals surface area (Å²) >= 11 is 1.49. The molecule has 1 unspecified atom stereocenters. The summed E-state index contributed by atoms with van der Waals surface area (Å²) in [5, 5.41) is 7.66. The summed E-state index contributed by atoms with van der Waals surface area (Å²) in [6.07, 6.45) is 8.03. The highest BCUT2D eigenvalue weighted by Gasteiger charge is 2.11. The number of thioether (sulfide) groups is 1. The molecule has 1 aliphatic rings. The van der Waals surface area contributed by atoms with Gasteiger partial charge in [-0.25, -0.2) is 5.10 Å². The third-order valence-corrected chi connectivity index (χ3v) is 4.53. The lowest BCUT2D eigenvalue weighted by Gasteiger charge is -2.18. The van der Waals surface area contributed by atoms with Gasteiger partial charge in [0.2, 0.25) is 0 Å². The van der Waals surface area contributed by atoms with Gasteiger partial charge < -0.3 is 10.5 Å². The van der Waals surface area contributed by atoms with Gasteiger partial charge in [0.1, 0.15) is 6.23 Å². The van der Waals surface area contributed by atoms with E-state index in [1.165, 1.54) is 18.0 Å². The van der Waals surface area contributed by atoms with Crippen molar-refractivity contribution in [2.45, 2.75) is 30.4 Å². The number of aromatic amines is 1. The highest BCUT2D eigenvalue weighted by Crippen LogP contribution is 2.27. The Morgan fingerprint density at radius 3 is 3.17 bits per heavy atom. The van der Waals surface area contributed by atoms with E-state index < -0.39 is 0 Å². The zero-order valence-corrected chi connectivity index (χ0v) is 13.4. The molecule has 7 heteroatoms. The number of nitrogens with one attached hydrogen (secondary N) is 1. The summed E-state index contributed by atoms with van der Waals surface area (Å²) in [5.74, 6) is 0. The van der Waals surface area contributed by atoms with Gasteiger partial charge in [-0.15, -0.1) is 0 Å². The van der Waals surface area contributed by atoms with Crippen molar-refractivity contribution in [3.8, 4) is 0 Å². The Hall–Kier alpha value is -2.12. The monoisotopic (exact) mass is 330 g/mol. The number of nitrogens with two attached hydrogens (primary N) is 1. The number of nitrogens with zero attached hydrogens (tertiary/aromatic N) is 2. The van der Waals surface area contributed by atoms with E-state index in [-0.39, 0.29) is 11.8 Å². The van der Waals surface area contributed by atoms with Crippen LogP contribution >= 0.6 is 11.8 Å². The number of hydrogen-bond acceptors (Lipinski definition) is 6. The second-order valence-electron chi connectivity index (χ2n) is 5.22. The molecule has 6 nitrogen and oxygen atoms in total. The molecule has 3 N–H and O–H groups in total. The largest absolute Gasteiger partial charge is 0.404 e. The molecule has 0 radical (unpaired) electrons. The fourth-order valence-corrected chi connectivity index (χ4v) is 3.15. The SMILES string of the molecule is N/C=C(\C=N\C1CCCCO1)Sc1ccc2c(=O)[nH]ncc2c1. The number of allylic oxidation sites excluding steroid dienone is 1. The van der Waals surface area contributed by atoms with Crippen LogP contribution in [0.15, 0.2) is 50.2 Å².